The highest BCUT2D eigenvalue weighted by Gasteiger charge is 2.11. The number of nitrogens with one attached hydrogen (secondary N) is 1. The van der Waals surface area contributed by atoms with Crippen LogP contribution >= 0.6 is 11.3 Å². The summed E-state index contributed by atoms with van der Waals surface area (Å²) >= 11 is 1.71. The Kier molecular flexibility index (Phi) is 3.51. The van der Waals surface area contributed by atoms with Gasteiger partial charge in [-0.3, -0.25) is 0 Å². The first-order valence-electron chi connectivity index (χ1n) is 6.81. The van der Waals surface area contributed by atoms with E-state index in [4.69, 9.17) is 0 Å². The van der Waals surface area contributed by atoms with Gasteiger partial charge in [-0.1, -0.05) is 0 Å². The van der Waals surface area contributed by atoms with Crippen LogP contribution in [0.3, 0.4) is 0 Å². The molecule has 0 saturated carbocycles. The molecule has 0 aliphatic heterocycles. The van der Waals surface area contributed by atoms with Crippen molar-refractivity contribution >= 4 is 38.7 Å². The number of rotatable bonds is 3. The highest BCUT2D eigenvalue weighted by atomic mass is 32.1. The van der Waals surface area contributed by atoms with Crippen molar-refractivity contribution in [3.05, 3.63) is 41.0 Å². The second kappa shape index (κ2) is 5.33. The van der Waals surface area contributed by atoms with Gasteiger partial charge < -0.3 is 10.2 Å². The Morgan fingerprint density at radius 3 is 2.43 bits per heavy atom. The summed E-state index contributed by atoms with van der Waals surface area (Å²) in [5, 5.41) is 4.53. The number of fused-ring (bicyclic) bond motifs is 1. The predicted octanol–water partition coefficient (Wildman–Crippen LogP) is 4.12. The van der Waals surface area contributed by atoms with E-state index in [-0.39, 0.29) is 0 Å². The van der Waals surface area contributed by atoms with E-state index in [9.17, 15) is 0 Å². The maximum Gasteiger partial charge on any atom is 0.142 e. The Morgan fingerprint density at radius 1 is 1.05 bits per heavy atom. The number of aryl methyl sites for hydroxylation is 2. The molecule has 0 aliphatic rings. The summed E-state index contributed by atoms with van der Waals surface area (Å²) in [4.78, 5) is 13.2. The number of anilines is 3. The van der Waals surface area contributed by atoms with Gasteiger partial charge in [-0.15, -0.1) is 11.3 Å². The molecule has 3 aromatic rings. The second-order valence-corrected chi connectivity index (χ2v) is 6.46. The molecule has 3 rings (SSSR count). The Labute approximate surface area is 128 Å². The highest BCUT2D eigenvalue weighted by molar-refractivity contribution is 7.18. The average Bonchev–Trinajstić information content (AvgIpc) is 2.76. The lowest BCUT2D eigenvalue weighted by atomic mass is 10.2. The molecule has 0 aliphatic carbocycles. The summed E-state index contributed by atoms with van der Waals surface area (Å²) in [7, 11) is 4.07. The van der Waals surface area contributed by atoms with Crippen molar-refractivity contribution in [1.29, 1.82) is 0 Å². The van der Waals surface area contributed by atoms with Gasteiger partial charge in [0.25, 0.3) is 0 Å². The predicted molar refractivity (Wildman–Crippen MR) is 90.9 cm³/mol. The molecule has 4 nitrogen and oxygen atoms in total. The van der Waals surface area contributed by atoms with E-state index in [1.807, 2.05) is 14.1 Å². The first-order valence-corrected chi connectivity index (χ1v) is 7.63. The molecule has 0 radical (unpaired) electrons. The fourth-order valence-electron chi connectivity index (χ4n) is 2.26. The van der Waals surface area contributed by atoms with Crippen LogP contribution in [0.1, 0.15) is 10.4 Å². The van der Waals surface area contributed by atoms with Gasteiger partial charge in [0.2, 0.25) is 0 Å². The summed E-state index contributed by atoms with van der Waals surface area (Å²) in [5.41, 5.74) is 3.46. The minimum absolute atomic E-state index is 0.874. The molecule has 0 fully saturated rings. The monoisotopic (exact) mass is 298 g/mol. The first-order chi connectivity index (χ1) is 10.1. The third-order valence-corrected chi connectivity index (χ3v) is 4.73. The molecular weight excluding hydrogens is 280 g/mol. The van der Waals surface area contributed by atoms with Crippen LogP contribution in [0.2, 0.25) is 0 Å². The van der Waals surface area contributed by atoms with Crippen molar-refractivity contribution in [1.82, 2.24) is 9.97 Å². The molecular formula is C16H18N4S. The van der Waals surface area contributed by atoms with Crippen molar-refractivity contribution in [2.75, 3.05) is 24.3 Å². The van der Waals surface area contributed by atoms with Crippen LogP contribution in [0.15, 0.2) is 30.6 Å². The van der Waals surface area contributed by atoms with E-state index < -0.39 is 0 Å². The second-order valence-electron chi connectivity index (χ2n) is 5.25. The smallest absolute Gasteiger partial charge is 0.142 e. The lowest BCUT2D eigenvalue weighted by Crippen LogP contribution is -2.08. The maximum atomic E-state index is 4.41. The molecule has 2 heterocycles. The van der Waals surface area contributed by atoms with Crippen molar-refractivity contribution in [3.63, 3.8) is 0 Å². The number of thiophene rings is 1. The van der Waals surface area contributed by atoms with Crippen LogP contribution in [0.5, 0.6) is 0 Å². The standard InChI is InChI=1S/C16H18N4S/c1-10-11(2)21-16-14(10)15(17-9-18-16)19-12-5-7-13(8-6-12)20(3)4/h5-9H,1-4H3,(H,17,18,19). The van der Waals surface area contributed by atoms with E-state index in [1.54, 1.807) is 17.7 Å². The van der Waals surface area contributed by atoms with Gasteiger partial charge in [0.15, 0.2) is 0 Å². The SMILES string of the molecule is Cc1sc2ncnc(Nc3ccc(N(C)C)cc3)c2c1C. The van der Waals surface area contributed by atoms with E-state index in [2.05, 4.69) is 58.3 Å². The molecule has 0 saturated heterocycles. The molecule has 0 spiro atoms. The highest BCUT2D eigenvalue weighted by Crippen LogP contribution is 2.33. The topological polar surface area (TPSA) is 41.1 Å². The van der Waals surface area contributed by atoms with Gasteiger partial charge in [-0.05, 0) is 43.7 Å². The van der Waals surface area contributed by atoms with E-state index in [0.29, 0.717) is 0 Å². The number of hydrogen-bond donors (Lipinski definition) is 1. The number of hydrogen-bond acceptors (Lipinski definition) is 5. The largest absolute Gasteiger partial charge is 0.378 e. The van der Waals surface area contributed by atoms with Gasteiger partial charge in [-0.25, -0.2) is 9.97 Å². The van der Waals surface area contributed by atoms with Crippen molar-refractivity contribution in [2.45, 2.75) is 13.8 Å². The van der Waals surface area contributed by atoms with Crippen LogP contribution in [0.4, 0.5) is 17.2 Å². The molecule has 108 valence electrons. The third kappa shape index (κ3) is 2.56. The molecule has 2 aromatic heterocycles. The molecule has 0 unspecified atom stereocenters. The van der Waals surface area contributed by atoms with Crippen LogP contribution in [0, 0.1) is 13.8 Å². The van der Waals surface area contributed by atoms with Crippen molar-refractivity contribution in [2.24, 2.45) is 0 Å². The molecule has 21 heavy (non-hydrogen) atoms. The summed E-state index contributed by atoms with van der Waals surface area (Å²) in [6, 6.07) is 8.31. The quantitative estimate of drug-likeness (QED) is 0.790. The van der Waals surface area contributed by atoms with E-state index in [0.717, 1.165) is 21.7 Å². The number of aromatic nitrogens is 2. The van der Waals surface area contributed by atoms with Crippen LogP contribution < -0.4 is 10.2 Å². The van der Waals surface area contributed by atoms with Gasteiger partial charge in [-0.2, -0.15) is 0 Å². The molecule has 0 amide bonds. The maximum absolute atomic E-state index is 4.41. The van der Waals surface area contributed by atoms with E-state index >= 15 is 0 Å². The van der Waals surface area contributed by atoms with Crippen LogP contribution in [0.25, 0.3) is 10.2 Å². The van der Waals surface area contributed by atoms with E-state index in [1.165, 1.54) is 16.1 Å². The minimum Gasteiger partial charge on any atom is -0.378 e. The lowest BCUT2D eigenvalue weighted by molar-refractivity contribution is 1.13. The van der Waals surface area contributed by atoms with Gasteiger partial charge in [0.1, 0.15) is 17.0 Å². The van der Waals surface area contributed by atoms with Crippen LogP contribution in [-0.2, 0) is 0 Å². The summed E-state index contributed by atoms with van der Waals surface area (Å²) in [6.45, 7) is 4.25. The Hall–Kier alpha value is -2.14. The summed E-state index contributed by atoms with van der Waals surface area (Å²) in [5.74, 6) is 0.874. The molecule has 5 heteroatoms. The zero-order valence-corrected chi connectivity index (χ0v) is 13.5. The molecule has 1 N–H and O–H groups in total. The van der Waals surface area contributed by atoms with Crippen molar-refractivity contribution in [3.8, 4) is 0 Å². The van der Waals surface area contributed by atoms with Crippen LogP contribution in [-0.4, -0.2) is 24.1 Å². The molecule has 0 atom stereocenters. The minimum atomic E-state index is 0.874. The molecule has 1 aromatic carbocycles. The molecule has 0 bridgehead atoms. The Bertz CT molecular complexity index is 775. The average molecular weight is 298 g/mol. The third-order valence-electron chi connectivity index (χ3n) is 3.61. The Morgan fingerprint density at radius 2 is 1.76 bits per heavy atom. The summed E-state index contributed by atoms with van der Waals surface area (Å²) < 4.78 is 0. The lowest BCUT2D eigenvalue weighted by Gasteiger charge is -2.13. The van der Waals surface area contributed by atoms with Gasteiger partial charge in [0, 0.05) is 30.3 Å². The Balaban J connectivity index is 1.98. The fourth-order valence-corrected chi connectivity index (χ4v) is 3.25. The zero-order valence-electron chi connectivity index (χ0n) is 12.6. The zero-order chi connectivity index (χ0) is 15.0. The van der Waals surface area contributed by atoms with Gasteiger partial charge in [0.05, 0.1) is 5.39 Å². The number of benzene rings is 1. The van der Waals surface area contributed by atoms with Crippen molar-refractivity contribution < 1.29 is 0 Å². The number of nitrogens with zero attached hydrogens (tertiary/aromatic N) is 3. The fraction of sp³-hybridized carbons (Fsp3) is 0.250. The normalized spacial score (nSPS) is 10.9. The first kappa shape index (κ1) is 13.8. The summed E-state index contributed by atoms with van der Waals surface area (Å²) in [6.07, 6.45) is 1.62. The van der Waals surface area contributed by atoms with Gasteiger partial charge >= 0.3 is 0 Å².